The zero-order valence-corrected chi connectivity index (χ0v) is 12.3. The van der Waals surface area contributed by atoms with Crippen LogP contribution in [0.25, 0.3) is 0 Å². The summed E-state index contributed by atoms with van der Waals surface area (Å²) >= 11 is 0. The van der Waals surface area contributed by atoms with Gasteiger partial charge in [0.15, 0.2) is 6.61 Å². The zero-order chi connectivity index (χ0) is 15.3. The Hall–Kier alpha value is -2.04. The number of carbonyl (C=O) groups excluding carboxylic acids is 1. The number of para-hydroxylation sites is 1. The van der Waals surface area contributed by atoms with Crippen molar-refractivity contribution in [3.05, 3.63) is 29.8 Å². The lowest BCUT2D eigenvalue weighted by Gasteiger charge is -2.22. The first-order valence-corrected chi connectivity index (χ1v) is 6.46. The second-order valence-electron chi connectivity index (χ2n) is 5.66. The van der Waals surface area contributed by atoms with Crippen molar-refractivity contribution in [1.29, 1.82) is 0 Å². The van der Waals surface area contributed by atoms with Crippen molar-refractivity contribution in [3.63, 3.8) is 0 Å². The van der Waals surface area contributed by atoms with E-state index < -0.39 is 17.9 Å². The summed E-state index contributed by atoms with van der Waals surface area (Å²) in [6.45, 7) is 7.37. The molecule has 0 aliphatic rings. The van der Waals surface area contributed by atoms with Crippen LogP contribution in [0.3, 0.4) is 0 Å². The lowest BCUT2D eigenvalue weighted by molar-refractivity contribution is -0.141. The zero-order valence-electron chi connectivity index (χ0n) is 12.3. The normalized spacial score (nSPS) is 12.6. The summed E-state index contributed by atoms with van der Waals surface area (Å²) in [5, 5.41) is 11.1. The number of amides is 1. The Morgan fingerprint density at radius 1 is 1.30 bits per heavy atom. The largest absolute Gasteiger partial charge is 0.483 e. The molecule has 1 atom stereocenters. The summed E-state index contributed by atoms with van der Waals surface area (Å²) < 4.78 is 5.50. The molecule has 0 unspecified atom stereocenters. The average molecular weight is 279 g/mol. The van der Waals surface area contributed by atoms with Gasteiger partial charge in [-0.05, 0) is 24.0 Å². The molecule has 0 saturated carbocycles. The maximum absolute atomic E-state index is 11.6. The standard InChI is InChI=1S/C15H21NO4/c1-10(14(18)19)16-13(17)9-20-12-8-6-5-7-11(12)15(2,3)4/h5-8,10H,9H2,1-4H3,(H,16,17)(H,18,19)/t10-/m0/s1. The van der Waals surface area contributed by atoms with Gasteiger partial charge in [0.05, 0.1) is 0 Å². The van der Waals surface area contributed by atoms with Gasteiger partial charge in [-0.2, -0.15) is 0 Å². The van der Waals surface area contributed by atoms with Crippen LogP contribution in [0.2, 0.25) is 0 Å². The van der Waals surface area contributed by atoms with Crippen LogP contribution in [-0.4, -0.2) is 29.6 Å². The summed E-state index contributed by atoms with van der Waals surface area (Å²) in [5.41, 5.74) is 0.903. The van der Waals surface area contributed by atoms with E-state index in [0.29, 0.717) is 5.75 Å². The molecule has 0 aliphatic heterocycles. The highest BCUT2D eigenvalue weighted by molar-refractivity contribution is 5.84. The summed E-state index contributed by atoms with van der Waals surface area (Å²) in [7, 11) is 0. The molecule has 0 fully saturated rings. The number of hydrogen-bond acceptors (Lipinski definition) is 3. The van der Waals surface area contributed by atoms with Gasteiger partial charge in [0.25, 0.3) is 5.91 Å². The molecular formula is C15H21NO4. The van der Waals surface area contributed by atoms with E-state index in [1.165, 1.54) is 6.92 Å². The highest BCUT2D eigenvalue weighted by Gasteiger charge is 2.19. The van der Waals surface area contributed by atoms with Crippen molar-refractivity contribution in [2.45, 2.75) is 39.2 Å². The molecule has 0 bridgehead atoms. The summed E-state index contributed by atoms with van der Waals surface area (Å²) in [5.74, 6) is -0.893. The molecule has 110 valence electrons. The highest BCUT2D eigenvalue weighted by Crippen LogP contribution is 2.30. The van der Waals surface area contributed by atoms with Gasteiger partial charge in [-0.15, -0.1) is 0 Å². The predicted molar refractivity (Wildman–Crippen MR) is 75.9 cm³/mol. The van der Waals surface area contributed by atoms with Gasteiger partial charge in [0.2, 0.25) is 0 Å². The Morgan fingerprint density at radius 3 is 2.45 bits per heavy atom. The molecule has 0 radical (unpaired) electrons. The first-order chi connectivity index (χ1) is 9.21. The lowest BCUT2D eigenvalue weighted by Crippen LogP contribution is -2.40. The minimum Gasteiger partial charge on any atom is -0.483 e. The van der Waals surface area contributed by atoms with E-state index in [0.717, 1.165) is 5.56 Å². The third-order valence-electron chi connectivity index (χ3n) is 2.80. The molecule has 1 amide bonds. The minimum atomic E-state index is -1.08. The number of carboxylic acid groups (broad SMARTS) is 1. The van der Waals surface area contributed by atoms with E-state index in [9.17, 15) is 9.59 Å². The maximum Gasteiger partial charge on any atom is 0.325 e. The molecule has 0 aliphatic carbocycles. The Kier molecular flexibility index (Phi) is 5.13. The Labute approximate surface area is 118 Å². The number of aliphatic carboxylic acids is 1. The lowest BCUT2D eigenvalue weighted by atomic mass is 9.86. The Bertz CT molecular complexity index is 491. The number of rotatable bonds is 5. The van der Waals surface area contributed by atoms with Crippen LogP contribution in [-0.2, 0) is 15.0 Å². The van der Waals surface area contributed by atoms with E-state index in [4.69, 9.17) is 9.84 Å². The van der Waals surface area contributed by atoms with Crippen molar-refractivity contribution in [1.82, 2.24) is 5.32 Å². The second kappa shape index (κ2) is 6.41. The number of carboxylic acids is 1. The first-order valence-electron chi connectivity index (χ1n) is 6.46. The van der Waals surface area contributed by atoms with Crippen molar-refractivity contribution in [2.24, 2.45) is 0 Å². The van der Waals surface area contributed by atoms with Gasteiger partial charge >= 0.3 is 5.97 Å². The number of nitrogens with one attached hydrogen (secondary N) is 1. The molecule has 0 spiro atoms. The molecule has 0 aromatic heterocycles. The Balaban J connectivity index is 2.67. The molecule has 20 heavy (non-hydrogen) atoms. The summed E-state index contributed by atoms with van der Waals surface area (Å²) in [6.07, 6.45) is 0. The van der Waals surface area contributed by atoms with Crippen LogP contribution >= 0.6 is 0 Å². The van der Waals surface area contributed by atoms with Gasteiger partial charge in [-0.1, -0.05) is 39.0 Å². The monoisotopic (exact) mass is 279 g/mol. The van der Waals surface area contributed by atoms with Crippen LogP contribution in [0, 0.1) is 0 Å². The molecule has 0 heterocycles. The van der Waals surface area contributed by atoms with Crippen molar-refractivity contribution < 1.29 is 19.4 Å². The van der Waals surface area contributed by atoms with Crippen LogP contribution in [0.4, 0.5) is 0 Å². The number of ether oxygens (including phenoxy) is 1. The summed E-state index contributed by atoms with van der Waals surface area (Å²) in [4.78, 5) is 22.2. The molecule has 5 nitrogen and oxygen atoms in total. The molecule has 1 aromatic carbocycles. The van der Waals surface area contributed by atoms with Crippen molar-refractivity contribution >= 4 is 11.9 Å². The van der Waals surface area contributed by atoms with Crippen molar-refractivity contribution in [2.75, 3.05) is 6.61 Å². The van der Waals surface area contributed by atoms with Crippen LogP contribution in [0.1, 0.15) is 33.3 Å². The van der Waals surface area contributed by atoms with E-state index in [-0.39, 0.29) is 12.0 Å². The van der Waals surface area contributed by atoms with Gasteiger partial charge < -0.3 is 15.2 Å². The average Bonchev–Trinajstić information content (AvgIpc) is 2.35. The fraction of sp³-hybridized carbons (Fsp3) is 0.467. The van der Waals surface area contributed by atoms with E-state index >= 15 is 0 Å². The number of carbonyl (C=O) groups is 2. The van der Waals surface area contributed by atoms with E-state index in [1.54, 1.807) is 6.07 Å². The third-order valence-corrected chi connectivity index (χ3v) is 2.80. The maximum atomic E-state index is 11.6. The fourth-order valence-corrected chi connectivity index (χ4v) is 1.70. The fourth-order valence-electron chi connectivity index (χ4n) is 1.70. The molecule has 1 aromatic rings. The highest BCUT2D eigenvalue weighted by atomic mass is 16.5. The molecule has 5 heteroatoms. The SMILES string of the molecule is C[C@H](NC(=O)COc1ccccc1C(C)(C)C)C(=O)O. The smallest absolute Gasteiger partial charge is 0.325 e. The quantitative estimate of drug-likeness (QED) is 0.864. The molecule has 1 rings (SSSR count). The molecule has 0 saturated heterocycles. The van der Waals surface area contributed by atoms with Gasteiger partial charge in [-0.3, -0.25) is 9.59 Å². The van der Waals surface area contributed by atoms with E-state index in [1.807, 2.05) is 18.2 Å². The summed E-state index contributed by atoms with van der Waals surface area (Å²) in [6, 6.07) is 6.58. The van der Waals surface area contributed by atoms with Crippen molar-refractivity contribution in [3.8, 4) is 5.75 Å². The van der Waals surface area contributed by atoms with Crippen LogP contribution in [0.5, 0.6) is 5.75 Å². The predicted octanol–water partition coefficient (Wildman–Crippen LogP) is 1.95. The van der Waals surface area contributed by atoms with Gasteiger partial charge in [0, 0.05) is 0 Å². The molecular weight excluding hydrogens is 258 g/mol. The van der Waals surface area contributed by atoms with Gasteiger partial charge in [-0.25, -0.2) is 0 Å². The molecule has 2 N–H and O–H groups in total. The Morgan fingerprint density at radius 2 is 1.90 bits per heavy atom. The topological polar surface area (TPSA) is 75.6 Å². The van der Waals surface area contributed by atoms with Crippen LogP contribution < -0.4 is 10.1 Å². The first kappa shape index (κ1) is 16.0. The van der Waals surface area contributed by atoms with E-state index in [2.05, 4.69) is 26.1 Å². The van der Waals surface area contributed by atoms with Gasteiger partial charge in [0.1, 0.15) is 11.8 Å². The third kappa shape index (κ3) is 4.57. The van der Waals surface area contributed by atoms with Crippen LogP contribution in [0.15, 0.2) is 24.3 Å². The minimum absolute atomic E-state index is 0.0958. The number of hydrogen-bond donors (Lipinski definition) is 2. The number of benzene rings is 1. The second-order valence-corrected chi connectivity index (χ2v) is 5.66.